The van der Waals surface area contributed by atoms with Crippen LogP contribution in [0.2, 0.25) is 0 Å². The van der Waals surface area contributed by atoms with Crippen LogP contribution in [0.15, 0.2) is 41.1 Å². The van der Waals surface area contributed by atoms with Crippen molar-refractivity contribution >= 4 is 27.7 Å². The first kappa shape index (κ1) is 14.4. The van der Waals surface area contributed by atoms with E-state index in [-0.39, 0.29) is 17.6 Å². The first-order valence-electron chi connectivity index (χ1n) is 5.95. The van der Waals surface area contributed by atoms with Crippen LogP contribution in [0.4, 0.5) is 5.82 Å². The van der Waals surface area contributed by atoms with Gasteiger partial charge in [0.2, 0.25) is 0 Å². The topological polar surface area (TPSA) is 92.9 Å². The summed E-state index contributed by atoms with van der Waals surface area (Å²) in [5, 5.41) is 2.86. The van der Waals surface area contributed by atoms with E-state index in [0.717, 1.165) is 10.0 Å². The Morgan fingerprint density at radius 2 is 2.00 bits per heavy atom. The molecule has 0 aliphatic heterocycles. The molecule has 0 aliphatic rings. The molecule has 0 saturated carbocycles. The molecule has 2 aromatic rings. The van der Waals surface area contributed by atoms with Crippen LogP contribution in [0.1, 0.15) is 29.0 Å². The fraction of sp³-hybridized carbons (Fsp3) is 0.154. The lowest BCUT2D eigenvalue weighted by molar-refractivity contribution is 0.0934. The van der Waals surface area contributed by atoms with Gasteiger partial charge in [0.1, 0.15) is 5.69 Å². The number of carbonyl (C=O) groups excluding carboxylic acids is 1. The van der Waals surface area contributed by atoms with E-state index in [1.165, 1.54) is 12.4 Å². The molecule has 6 nitrogen and oxygen atoms in total. The number of hydrogen-bond donors (Lipinski definition) is 3. The molecule has 0 bridgehead atoms. The molecule has 1 heterocycles. The van der Waals surface area contributed by atoms with Gasteiger partial charge < -0.3 is 10.7 Å². The number of halogens is 1. The number of hydrogen-bond acceptors (Lipinski definition) is 5. The molecule has 2 rings (SSSR count). The van der Waals surface area contributed by atoms with Crippen molar-refractivity contribution < 1.29 is 4.79 Å². The molecule has 4 N–H and O–H groups in total. The van der Waals surface area contributed by atoms with Crippen LogP contribution < -0.4 is 16.6 Å². The fourth-order valence-electron chi connectivity index (χ4n) is 1.65. The molecular formula is C13H14BrN5O. The molecule has 1 unspecified atom stereocenters. The second kappa shape index (κ2) is 6.44. The summed E-state index contributed by atoms with van der Waals surface area (Å²) in [4.78, 5) is 20.0. The quantitative estimate of drug-likeness (QED) is 0.587. The largest absolute Gasteiger partial charge is 0.344 e. The average molecular weight is 336 g/mol. The lowest BCUT2D eigenvalue weighted by atomic mass is 10.1. The van der Waals surface area contributed by atoms with Crippen molar-refractivity contribution in [1.82, 2.24) is 15.3 Å². The summed E-state index contributed by atoms with van der Waals surface area (Å²) in [7, 11) is 0. The van der Waals surface area contributed by atoms with E-state index in [9.17, 15) is 4.79 Å². The molecule has 0 saturated heterocycles. The summed E-state index contributed by atoms with van der Waals surface area (Å²) in [5.41, 5.74) is 3.57. The summed E-state index contributed by atoms with van der Waals surface area (Å²) < 4.78 is 0.993. The van der Waals surface area contributed by atoms with E-state index < -0.39 is 0 Å². The van der Waals surface area contributed by atoms with E-state index in [2.05, 4.69) is 36.6 Å². The molecule has 1 aromatic heterocycles. The van der Waals surface area contributed by atoms with Crippen molar-refractivity contribution in [3.05, 3.63) is 52.4 Å². The van der Waals surface area contributed by atoms with Gasteiger partial charge in [-0.15, -0.1) is 0 Å². The number of nitrogens with two attached hydrogens (primary N) is 1. The smallest absolute Gasteiger partial charge is 0.272 e. The number of amides is 1. The maximum Gasteiger partial charge on any atom is 0.272 e. The standard InChI is InChI=1S/C13H14BrN5O/c1-8(9-2-4-10(14)5-3-9)17-13(20)11-6-16-7-12(18-11)19-15/h2-8H,15H2,1H3,(H,17,20)(H,18,19). The fourth-order valence-corrected chi connectivity index (χ4v) is 1.91. The van der Waals surface area contributed by atoms with E-state index in [0.29, 0.717) is 5.82 Å². The number of nitrogens with zero attached hydrogens (tertiary/aromatic N) is 2. The Morgan fingerprint density at radius 1 is 1.30 bits per heavy atom. The molecular weight excluding hydrogens is 322 g/mol. The van der Waals surface area contributed by atoms with Crippen molar-refractivity contribution in [2.45, 2.75) is 13.0 Å². The summed E-state index contributed by atoms with van der Waals surface area (Å²) in [6, 6.07) is 7.61. The molecule has 7 heteroatoms. The molecule has 20 heavy (non-hydrogen) atoms. The highest BCUT2D eigenvalue weighted by atomic mass is 79.9. The molecule has 104 valence electrons. The monoisotopic (exact) mass is 335 g/mol. The minimum Gasteiger partial charge on any atom is -0.344 e. The first-order valence-corrected chi connectivity index (χ1v) is 6.74. The highest BCUT2D eigenvalue weighted by Gasteiger charge is 2.13. The third-order valence-electron chi connectivity index (χ3n) is 2.73. The van der Waals surface area contributed by atoms with Gasteiger partial charge in [-0.1, -0.05) is 28.1 Å². The van der Waals surface area contributed by atoms with E-state index in [4.69, 9.17) is 5.84 Å². The zero-order valence-corrected chi connectivity index (χ0v) is 12.4. The predicted molar refractivity (Wildman–Crippen MR) is 79.9 cm³/mol. The highest BCUT2D eigenvalue weighted by Crippen LogP contribution is 2.16. The molecule has 0 radical (unpaired) electrons. The van der Waals surface area contributed by atoms with Gasteiger partial charge in [-0.25, -0.2) is 10.8 Å². The van der Waals surface area contributed by atoms with Crippen LogP contribution in [-0.2, 0) is 0 Å². The summed E-state index contributed by atoms with van der Waals surface area (Å²) in [6.07, 6.45) is 2.83. The van der Waals surface area contributed by atoms with Crippen molar-refractivity contribution in [2.75, 3.05) is 5.43 Å². The molecule has 1 aromatic carbocycles. The normalized spacial score (nSPS) is 11.8. The Labute approximate surface area is 124 Å². The van der Waals surface area contributed by atoms with Crippen LogP contribution in [0.5, 0.6) is 0 Å². The summed E-state index contributed by atoms with van der Waals surface area (Å²) in [6.45, 7) is 1.90. The molecule has 1 atom stereocenters. The summed E-state index contributed by atoms with van der Waals surface area (Å²) >= 11 is 3.37. The Bertz CT molecular complexity index is 602. The van der Waals surface area contributed by atoms with Gasteiger partial charge in [-0.2, -0.15) is 0 Å². The van der Waals surface area contributed by atoms with Crippen molar-refractivity contribution in [3.63, 3.8) is 0 Å². The number of aromatic nitrogens is 2. The van der Waals surface area contributed by atoms with Gasteiger partial charge >= 0.3 is 0 Å². The minimum absolute atomic E-state index is 0.133. The lowest BCUT2D eigenvalue weighted by Crippen LogP contribution is -2.28. The van der Waals surface area contributed by atoms with Gasteiger partial charge in [0.25, 0.3) is 5.91 Å². The van der Waals surface area contributed by atoms with Crippen molar-refractivity contribution in [3.8, 4) is 0 Å². The average Bonchev–Trinajstić information content (AvgIpc) is 2.47. The Kier molecular flexibility index (Phi) is 4.65. The van der Waals surface area contributed by atoms with Crippen molar-refractivity contribution in [1.29, 1.82) is 0 Å². The van der Waals surface area contributed by atoms with Gasteiger partial charge in [0.05, 0.1) is 18.4 Å². The Hall–Kier alpha value is -1.99. The SMILES string of the molecule is CC(NC(=O)c1cncc(NN)n1)c1ccc(Br)cc1. The van der Waals surface area contributed by atoms with Gasteiger partial charge in [0, 0.05) is 4.47 Å². The highest BCUT2D eigenvalue weighted by molar-refractivity contribution is 9.10. The maximum absolute atomic E-state index is 12.1. The van der Waals surface area contributed by atoms with Crippen molar-refractivity contribution in [2.24, 2.45) is 5.84 Å². The van der Waals surface area contributed by atoms with Gasteiger partial charge in [-0.3, -0.25) is 9.78 Å². The van der Waals surface area contributed by atoms with E-state index >= 15 is 0 Å². The number of rotatable bonds is 4. The number of nitrogen functional groups attached to an aromatic ring is 1. The van der Waals surface area contributed by atoms with Crippen LogP contribution in [0.25, 0.3) is 0 Å². The van der Waals surface area contributed by atoms with Crippen LogP contribution in [0.3, 0.4) is 0 Å². The van der Waals surface area contributed by atoms with E-state index in [1.54, 1.807) is 0 Å². The number of carbonyl (C=O) groups is 1. The lowest BCUT2D eigenvalue weighted by Gasteiger charge is -2.14. The molecule has 0 aliphatic carbocycles. The Balaban J connectivity index is 2.08. The number of nitrogens with one attached hydrogen (secondary N) is 2. The predicted octanol–water partition coefficient (Wildman–Crippen LogP) is 2.02. The molecule has 0 spiro atoms. The maximum atomic E-state index is 12.1. The van der Waals surface area contributed by atoms with E-state index in [1.807, 2.05) is 31.2 Å². The molecule has 0 fully saturated rings. The van der Waals surface area contributed by atoms with Gasteiger partial charge in [0.15, 0.2) is 5.82 Å². The number of benzene rings is 1. The van der Waals surface area contributed by atoms with Gasteiger partial charge in [-0.05, 0) is 24.6 Å². The summed E-state index contributed by atoms with van der Waals surface area (Å²) in [5.74, 6) is 5.28. The zero-order chi connectivity index (χ0) is 14.5. The van der Waals surface area contributed by atoms with Crippen LogP contribution in [-0.4, -0.2) is 15.9 Å². The second-order valence-corrected chi connectivity index (χ2v) is 5.10. The van der Waals surface area contributed by atoms with Crippen LogP contribution >= 0.6 is 15.9 Å². The zero-order valence-electron chi connectivity index (χ0n) is 10.8. The number of hydrazine groups is 1. The third-order valence-corrected chi connectivity index (χ3v) is 3.26. The first-order chi connectivity index (χ1) is 9.60. The second-order valence-electron chi connectivity index (χ2n) is 4.18. The Morgan fingerprint density at radius 3 is 2.65 bits per heavy atom. The van der Waals surface area contributed by atoms with Crippen LogP contribution in [0, 0.1) is 0 Å². The minimum atomic E-state index is -0.301. The third kappa shape index (κ3) is 3.52. The molecule has 1 amide bonds. The number of anilines is 1.